The third kappa shape index (κ3) is 3.72. The second kappa shape index (κ2) is 7.73. The number of aliphatic hydroxyl groups excluding tert-OH is 1. The molecule has 1 N–H and O–H groups in total. The fourth-order valence-corrected chi connectivity index (χ4v) is 3.20. The minimum atomic E-state index is -0.357. The number of aliphatic hydroxyl groups is 1. The molecule has 0 heterocycles. The number of ether oxygens (including phenoxy) is 1. The van der Waals surface area contributed by atoms with Crippen LogP contribution in [0.15, 0.2) is 30.3 Å². The molecule has 2 rings (SSSR count). The van der Waals surface area contributed by atoms with Crippen LogP contribution in [0.25, 0.3) is 0 Å². The largest absolute Gasteiger partial charge is 0.390 e. The van der Waals surface area contributed by atoms with Gasteiger partial charge < -0.3 is 9.84 Å². The van der Waals surface area contributed by atoms with Gasteiger partial charge in [0.2, 0.25) is 0 Å². The van der Waals surface area contributed by atoms with E-state index in [-0.39, 0.29) is 33.3 Å². The topological polar surface area (TPSA) is 29.5 Å². The van der Waals surface area contributed by atoms with E-state index in [1.54, 1.807) is 0 Å². The van der Waals surface area contributed by atoms with E-state index in [0.29, 0.717) is 30.3 Å². The van der Waals surface area contributed by atoms with Gasteiger partial charge in [0.05, 0.1) is 18.8 Å². The maximum absolute atomic E-state index is 10.4. The van der Waals surface area contributed by atoms with Gasteiger partial charge in [-0.25, -0.2) is 0 Å². The Morgan fingerprint density at radius 2 is 1.45 bits per heavy atom. The second-order valence-electron chi connectivity index (χ2n) is 6.19. The van der Waals surface area contributed by atoms with E-state index in [1.807, 2.05) is 18.2 Å². The Balaban J connectivity index is 0.00000200. The van der Waals surface area contributed by atoms with Crippen molar-refractivity contribution in [2.75, 3.05) is 0 Å². The van der Waals surface area contributed by atoms with Crippen molar-refractivity contribution in [1.82, 2.24) is 0 Å². The zero-order valence-electron chi connectivity index (χ0n) is 12.8. The Labute approximate surface area is 137 Å². The van der Waals surface area contributed by atoms with Crippen molar-refractivity contribution in [3.8, 4) is 0 Å². The third-order valence-electron chi connectivity index (χ3n) is 5.17. The van der Waals surface area contributed by atoms with E-state index in [1.165, 1.54) is 5.56 Å². The van der Waals surface area contributed by atoms with Crippen molar-refractivity contribution in [2.45, 2.75) is 46.5 Å². The van der Waals surface area contributed by atoms with E-state index in [0.717, 1.165) is 0 Å². The Morgan fingerprint density at radius 1 is 0.900 bits per heavy atom. The molecule has 0 spiro atoms. The van der Waals surface area contributed by atoms with Crippen molar-refractivity contribution < 1.29 is 30.9 Å². The van der Waals surface area contributed by atoms with Crippen LogP contribution in [0, 0.1) is 23.7 Å². The van der Waals surface area contributed by atoms with Gasteiger partial charge >= 0.3 is 0 Å². The average molecular weight is 446 g/mol. The van der Waals surface area contributed by atoms with Gasteiger partial charge in [-0.05, 0) is 29.2 Å². The molecule has 3 heteroatoms. The van der Waals surface area contributed by atoms with Crippen molar-refractivity contribution in [3.05, 3.63) is 35.9 Å². The molecule has 2 nitrogen and oxygen atoms in total. The summed E-state index contributed by atoms with van der Waals surface area (Å²) in [6.07, 6.45) is -0.411. The van der Waals surface area contributed by atoms with Crippen molar-refractivity contribution in [3.63, 3.8) is 0 Å². The molecule has 0 radical (unpaired) electrons. The van der Waals surface area contributed by atoms with E-state index in [2.05, 4.69) is 39.8 Å². The Kier molecular flexibility index (Phi) is 6.91. The minimum Gasteiger partial charge on any atom is -0.390 e. The summed E-state index contributed by atoms with van der Waals surface area (Å²) in [4.78, 5) is 0. The van der Waals surface area contributed by atoms with Gasteiger partial charge in [0.25, 0.3) is 0 Å². The van der Waals surface area contributed by atoms with Crippen LogP contribution in [-0.4, -0.2) is 17.3 Å². The average Bonchev–Trinajstić information content (AvgIpc) is 2.44. The van der Waals surface area contributed by atoms with Gasteiger partial charge in [0.15, 0.2) is 0 Å². The van der Waals surface area contributed by atoms with Gasteiger partial charge in [-0.3, -0.25) is 0 Å². The molecule has 6 atom stereocenters. The summed E-state index contributed by atoms with van der Waals surface area (Å²) in [5, 5.41) is 10.4. The van der Waals surface area contributed by atoms with Crippen LogP contribution in [0.5, 0.6) is 0 Å². The molecule has 0 amide bonds. The van der Waals surface area contributed by atoms with Crippen LogP contribution in [0.2, 0.25) is 0 Å². The van der Waals surface area contributed by atoms with Gasteiger partial charge in [-0.15, -0.1) is 0 Å². The standard InChI is InChI=1S/C17H26O2.W/c1-11-12(2)14(4)17(16(18)13(11)3)19-10-15-8-6-5-7-9-15;/h5-9,11-14,16-18H,10H2,1-4H3;/t11?,12-,13+,14-,16?,17?;/m1./s1. The summed E-state index contributed by atoms with van der Waals surface area (Å²) in [6.45, 7) is 9.43. The van der Waals surface area contributed by atoms with E-state index in [4.69, 9.17) is 4.74 Å². The van der Waals surface area contributed by atoms with Gasteiger partial charge in [-0.1, -0.05) is 58.0 Å². The number of rotatable bonds is 3. The first-order valence-corrected chi connectivity index (χ1v) is 7.36. The van der Waals surface area contributed by atoms with Gasteiger partial charge in [0.1, 0.15) is 0 Å². The summed E-state index contributed by atoms with van der Waals surface area (Å²) in [7, 11) is 0. The van der Waals surface area contributed by atoms with Crippen LogP contribution in [-0.2, 0) is 32.4 Å². The monoisotopic (exact) mass is 446 g/mol. The maximum atomic E-state index is 10.4. The Hall–Kier alpha value is -0.172. The predicted octanol–water partition coefficient (Wildman–Crippen LogP) is 3.49. The SMILES string of the molecule is CC1[C@H](C)C(O)C(OCc2ccccc2)[C@H](C)[C@@H]1C.[W]. The molecule has 0 aliphatic heterocycles. The smallest absolute Gasteiger partial charge is 0.0869 e. The fraction of sp³-hybridized carbons (Fsp3) is 0.647. The molecule has 112 valence electrons. The number of hydrogen-bond donors (Lipinski definition) is 1. The van der Waals surface area contributed by atoms with Crippen LogP contribution in [0.1, 0.15) is 33.3 Å². The molecule has 1 aliphatic carbocycles. The van der Waals surface area contributed by atoms with Gasteiger partial charge in [-0.2, -0.15) is 0 Å². The molecule has 1 fully saturated rings. The molecular formula is C17H26O2W. The summed E-state index contributed by atoms with van der Waals surface area (Å²) in [5.74, 6) is 1.82. The van der Waals surface area contributed by atoms with Crippen LogP contribution in [0.3, 0.4) is 0 Å². The summed E-state index contributed by atoms with van der Waals surface area (Å²) in [5.41, 5.74) is 1.17. The summed E-state index contributed by atoms with van der Waals surface area (Å²) in [6, 6.07) is 10.2. The minimum absolute atomic E-state index is 0. The zero-order valence-corrected chi connectivity index (χ0v) is 15.8. The number of hydrogen-bond acceptors (Lipinski definition) is 2. The van der Waals surface area contributed by atoms with Crippen molar-refractivity contribution in [2.24, 2.45) is 23.7 Å². The molecule has 1 saturated carbocycles. The normalized spacial score (nSPS) is 37.2. The summed E-state index contributed by atoms with van der Waals surface area (Å²) < 4.78 is 6.03. The second-order valence-corrected chi connectivity index (χ2v) is 6.19. The summed E-state index contributed by atoms with van der Waals surface area (Å²) >= 11 is 0. The van der Waals surface area contributed by atoms with E-state index < -0.39 is 0 Å². The van der Waals surface area contributed by atoms with Crippen molar-refractivity contribution in [1.29, 1.82) is 0 Å². The van der Waals surface area contributed by atoms with Crippen molar-refractivity contribution >= 4 is 0 Å². The first-order chi connectivity index (χ1) is 9.02. The first kappa shape index (κ1) is 17.9. The third-order valence-corrected chi connectivity index (χ3v) is 5.17. The molecule has 1 aliphatic rings. The molecule has 0 saturated heterocycles. The van der Waals surface area contributed by atoms with Crippen LogP contribution >= 0.6 is 0 Å². The van der Waals surface area contributed by atoms with E-state index >= 15 is 0 Å². The molecule has 1 aromatic rings. The van der Waals surface area contributed by atoms with E-state index in [9.17, 15) is 5.11 Å². The molecule has 0 bridgehead atoms. The molecule has 3 unspecified atom stereocenters. The maximum Gasteiger partial charge on any atom is 0.0869 e. The zero-order chi connectivity index (χ0) is 14.0. The molecule has 0 aromatic heterocycles. The fourth-order valence-electron chi connectivity index (χ4n) is 3.20. The number of benzene rings is 1. The Bertz CT molecular complexity index is 379. The van der Waals surface area contributed by atoms with Crippen LogP contribution < -0.4 is 0 Å². The Morgan fingerprint density at radius 3 is 2.05 bits per heavy atom. The van der Waals surface area contributed by atoms with Crippen LogP contribution in [0.4, 0.5) is 0 Å². The van der Waals surface area contributed by atoms with Gasteiger partial charge in [0, 0.05) is 21.1 Å². The first-order valence-electron chi connectivity index (χ1n) is 7.36. The predicted molar refractivity (Wildman–Crippen MR) is 77.7 cm³/mol. The quantitative estimate of drug-likeness (QED) is 0.771. The molecule has 20 heavy (non-hydrogen) atoms. The molecular weight excluding hydrogens is 420 g/mol. The molecule has 1 aromatic carbocycles.